The van der Waals surface area contributed by atoms with Gasteiger partial charge in [0.1, 0.15) is 0 Å². The van der Waals surface area contributed by atoms with Crippen molar-refractivity contribution in [3.8, 4) is 90.5 Å². The van der Waals surface area contributed by atoms with Gasteiger partial charge in [0.05, 0.1) is 0 Å². The molecule has 0 N–H and O–H groups in total. The fraction of sp³-hybridized carbons (Fsp3) is 0.169. The molecule has 4 bridgehead atoms. The predicted octanol–water partition coefficient (Wildman–Crippen LogP) is 15.0. The van der Waals surface area contributed by atoms with Gasteiger partial charge in [-0.3, -0.25) is 0 Å². The maximum atomic E-state index is 6.97. The maximum Gasteiger partial charge on any atom is 0.174 e. The first-order valence-electron chi connectivity index (χ1n) is 22.9. The summed E-state index contributed by atoms with van der Waals surface area (Å²) in [5.74, 6) is 7.98. The van der Waals surface area contributed by atoms with Crippen molar-refractivity contribution in [1.82, 2.24) is 15.0 Å². The monoisotopic (exact) mass is 825 g/mol. The van der Waals surface area contributed by atoms with Gasteiger partial charge in [0.2, 0.25) is 0 Å². The van der Waals surface area contributed by atoms with Crippen LogP contribution in [0.2, 0.25) is 0 Å². The Hall–Kier alpha value is -7.37. The molecule has 306 valence electrons. The Morgan fingerprint density at radius 3 is 1.77 bits per heavy atom. The van der Waals surface area contributed by atoms with E-state index in [1.54, 1.807) is 0 Å². The van der Waals surface area contributed by atoms with Crippen molar-refractivity contribution in [2.75, 3.05) is 0 Å². The van der Waals surface area contributed by atoms with Crippen LogP contribution in [0.4, 0.5) is 0 Å². The van der Waals surface area contributed by atoms with Crippen molar-refractivity contribution >= 4 is 10.8 Å². The third kappa shape index (κ3) is 5.40. The van der Waals surface area contributed by atoms with E-state index in [0.717, 1.165) is 68.2 Å². The molecule has 0 radical (unpaired) electrons. The summed E-state index contributed by atoms with van der Waals surface area (Å²) in [6, 6.07) is 62.4. The first-order chi connectivity index (χ1) is 31.6. The second-order valence-corrected chi connectivity index (χ2v) is 18.8. The van der Waals surface area contributed by atoms with Crippen LogP contribution < -0.4 is 9.47 Å². The van der Waals surface area contributed by atoms with Crippen molar-refractivity contribution in [2.45, 2.75) is 37.5 Å². The minimum Gasteiger partial charge on any atom is -0.450 e. The van der Waals surface area contributed by atoms with Crippen molar-refractivity contribution in [3.63, 3.8) is 0 Å². The second-order valence-electron chi connectivity index (χ2n) is 18.8. The smallest absolute Gasteiger partial charge is 0.174 e. The van der Waals surface area contributed by atoms with Gasteiger partial charge in [-0.05, 0) is 136 Å². The molecule has 0 unspecified atom stereocenters. The number of rotatable bonds is 5. The number of para-hydroxylation sites is 2. The van der Waals surface area contributed by atoms with Gasteiger partial charge in [-0.15, -0.1) is 0 Å². The number of hydrogen-bond donors (Lipinski definition) is 0. The highest BCUT2D eigenvalue weighted by atomic mass is 16.6. The molecule has 1 aromatic heterocycles. The van der Waals surface area contributed by atoms with Gasteiger partial charge < -0.3 is 9.47 Å². The minimum absolute atomic E-state index is 0.128. The normalized spacial score (nSPS) is 21.8. The number of nitrogens with zero attached hydrogens (tertiary/aromatic N) is 3. The maximum absolute atomic E-state index is 6.97. The lowest BCUT2D eigenvalue weighted by atomic mass is 9.43. The second kappa shape index (κ2) is 13.8. The lowest BCUT2D eigenvalue weighted by Crippen LogP contribution is -2.55. The van der Waals surface area contributed by atoms with Crippen LogP contribution in [0.3, 0.4) is 0 Å². The molecule has 5 nitrogen and oxygen atoms in total. The lowest BCUT2D eigenvalue weighted by Gasteiger charge is -2.61. The van der Waals surface area contributed by atoms with Crippen molar-refractivity contribution in [3.05, 3.63) is 187 Å². The molecule has 0 amide bonds. The number of aromatic nitrogens is 3. The zero-order valence-electron chi connectivity index (χ0n) is 35.2. The van der Waals surface area contributed by atoms with E-state index in [2.05, 4.69) is 152 Å². The van der Waals surface area contributed by atoms with Crippen LogP contribution in [0, 0.1) is 23.7 Å². The summed E-state index contributed by atoms with van der Waals surface area (Å²) in [6.07, 6.45) is 6.49. The van der Waals surface area contributed by atoms with Crippen molar-refractivity contribution < 1.29 is 9.47 Å². The highest BCUT2D eigenvalue weighted by Gasteiger charge is 2.63. The fourth-order valence-electron chi connectivity index (χ4n) is 12.9. The van der Waals surface area contributed by atoms with Crippen LogP contribution in [0.25, 0.3) is 78.3 Å². The molecule has 8 aromatic carbocycles. The average Bonchev–Trinajstić information content (AvgIpc) is 3.65. The zero-order chi connectivity index (χ0) is 41.9. The molecule has 0 atom stereocenters. The topological polar surface area (TPSA) is 57.1 Å². The van der Waals surface area contributed by atoms with Gasteiger partial charge >= 0.3 is 0 Å². The van der Waals surface area contributed by atoms with Gasteiger partial charge in [0.15, 0.2) is 40.5 Å². The van der Waals surface area contributed by atoms with Crippen molar-refractivity contribution in [1.29, 1.82) is 0 Å². The summed E-state index contributed by atoms with van der Waals surface area (Å²) in [4.78, 5) is 15.9. The molecule has 1 spiro atoms. The molecule has 6 aliphatic rings. The van der Waals surface area contributed by atoms with Crippen LogP contribution >= 0.6 is 0 Å². The first kappa shape index (κ1) is 36.1. The summed E-state index contributed by atoms with van der Waals surface area (Å²) in [7, 11) is 0. The first-order valence-corrected chi connectivity index (χ1v) is 22.9. The molecule has 9 aromatic rings. The molecular weight excluding hydrogens is 783 g/mol. The molecule has 4 saturated carbocycles. The summed E-state index contributed by atoms with van der Waals surface area (Å²) in [5.41, 5.74) is 12.6. The molecule has 5 heteroatoms. The number of benzene rings is 8. The van der Waals surface area contributed by atoms with Crippen LogP contribution in [0.5, 0.6) is 23.0 Å². The van der Waals surface area contributed by atoms with Crippen LogP contribution in [-0.2, 0) is 5.41 Å². The van der Waals surface area contributed by atoms with Gasteiger partial charge in [0.25, 0.3) is 0 Å². The van der Waals surface area contributed by atoms with E-state index in [0.29, 0.717) is 29.3 Å². The Bertz CT molecular complexity index is 3320. The fourth-order valence-corrected chi connectivity index (χ4v) is 12.9. The van der Waals surface area contributed by atoms with E-state index >= 15 is 0 Å². The van der Waals surface area contributed by atoms with Crippen LogP contribution in [-0.4, -0.2) is 15.0 Å². The zero-order valence-corrected chi connectivity index (χ0v) is 35.2. The van der Waals surface area contributed by atoms with E-state index in [4.69, 9.17) is 24.4 Å². The highest BCUT2D eigenvalue weighted by Crippen LogP contribution is 2.72. The molecule has 5 aliphatic carbocycles. The quantitative estimate of drug-likeness (QED) is 0.173. The third-order valence-corrected chi connectivity index (χ3v) is 15.4. The molecule has 1 aliphatic heterocycles. The largest absolute Gasteiger partial charge is 0.450 e. The van der Waals surface area contributed by atoms with Gasteiger partial charge in [-0.2, -0.15) is 0 Å². The van der Waals surface area contributed by atoms with Crippen LogP contribution in [0.15, 0.2) is 176 Å². The number of ether oxygens (including phenoxy) is 2. The Balaban J connectivity index is 0.934. The van der Waals surface area contributed by atoms with Gasteiger partial charge in [-0.25, -0.2) is 15.0 Å². The lowest BCUT2D eigenvalue weighted by molar-refractivity contribution is -0.0407. The Morgan fingerprint density at radius 2 is 0.984 bits per heavy atom. The van der Waals surface area contributed by atoms with Crippen LogP contribution in [0.1, 0.15) is 43.2 Å². The van der Waals surface area contributed by atoms with Gasteiger partial charge in [-0.1, -0.05) is 146 Å². The molecule has 15 rings (SSSR count). The van der Waals surface area contributed by atoms with E-state index in [-0.39, 0.29) is 5.41 Å². The average molecular weight is 826 g/mol. The molecular formula is C59H43N3O2. The molecule has 64 heavy (non-hydrogen) atoms. The number of hydrogen-bond acceptors (Lipinski definition) is 5. The molecule has 0 saturated heterocycles. The minimum atomic E-state index is -0.128. The van der Waals surface area contributed by atoms with Gasteiger partial charge in [0, 0.05) is 27.7 Å². The molecule has 2 heterocycles. The van der Waals surface area contributed by atoms with E-state index < -0.39 is 0 Å². The Labute approximate surface area is 372 Å². The summed E-state index contributed by atoms with van der Waals surface area (Å²) < 4.78 is 13.6. The van der Waals surface area contributed by atoms with Crippen molar-refractivity contribution in [2.24, 2.45) is 23.7 Å². The third-order valence-electron chi connectivity index (χ3n) is 15.4. The van der Waals surface area contributed by atoms with E-state index in [1.165, 1.54) is 70.7 Å². The Morgan fingerprint density at radius 1 is 0.391 bits per heavy atom. The van der Waals surface area contributed by atoms with E-state index in [1.807, 2.05) is 24.3 Å². The summed E-state index contributed by atoms with van der Waals surface area (Å²) in [5, 5.41) is 2.46. The summed E-state index contributed by atoms with van der Waals surface area (Å²) >= 11 is 0. The highest BCUT2D eigenvalue weighted by molar-refractivity contribution is 5.97. The number of fused-ring (bicyclic) bond motifs is 7. The standard InChI is InChI=1S/C59H43N3O2/c1-2-10-37(11-3-1)41-14-8-15-42(33-41)57-60-56(40-22-20-39(21-23-40)47-17-9-13-38-12-4-5-16-46(38)47)61-58(62-57)43-24-26-50-49(34-43)48-25-27-53-55(64-52-19-7-6-18-51(52)63-53)54(48)59(50)44-29-35-28-36(31-44)32-45(59)30-35/h1-27,33-36,44-45H,28-32H2. The Kier molecular flexibility index (Phi) is 7.80. The SMILES string of the molecule is c1ccc(-c2cccc(-c3nc(-c4ccc(-c5cccc6ccccc56)cc4)nc(-c4ccc5c(c4)-c4ccc6c(c4C54C5CC7CC(C5)CC4C7)Oc4ccccc4O6)n3)c2)cc1. The predicted molar refractivity (Wildman–Crippen MR) is 254 cm³/mol. The molecule has 4 fully saturated rings. The van der Waals surface area contributed by atoms with E-state index in [9.17, 15) is 0 Å². The summed E-state index contributed by atoms with van der Waals surface area (Å²) in [6.45, 7) is 0.